The van der Waals surface area contributed by atoms with Crippen LogP contribution in [0, 0.1) is 5.92 Å². The molecular weight excluding hydrogens is 434 g/mol. The molecule has 0 N–H and O–H groups in total. The first kappa shape index (κ1) is 23.0. The molecule has 3 aliphatic heterocycles. The molecule has 3 fully saturated rings. The predicted octanol–water partition coefficient (Wildman–Crippen LogP) is 4.58. The topological polar surface area (TPSA) is 44.1 Å². The number of carbonyl (C=O) groups excluding carboxylic acids is 1. The van der Waals surface area contributed by atoms with E-state index in [4.69, 9.17) is 0 Å². The summed E-state index contributed by atoms with van der Waals surface area (Å²) in [7, 11) is 0. The van der Waals surface area contributed by atoms with Gasteiger partial charge in [0, 0.05) is 69.1 Å². The van der Waals surface area contributed by atoms with E-state index < -0.39 is 0 Å². The lowest BCUT2D eigenvalue weighted by Crippen LogP contribution is -2.52. The fourth-order valence-electron chi connectivity index (χ4n) is 6.31. The van der Waals surface area contributed by atoms with Crippen molar-refractivity contribution in [3.63, 3.8) is 0 Å². The van der Waals surface area contributed by atoms with Crippen LogP contribution in [-0.4, -0.2) is 76.8 Å². The van der Waals surface area contributed by atoms with E-state index in [1.54, 1.807) is 0 Å². The van der Waals surface area contributed by atoms with Gasteiger partial charge in [0.1, 0.15) is 0 Å². The highest BCUT2D eigenvalue weighted by atomic mass is 16.2. The minimum absolute atomic E-state index is 0.303. The maximum absolute atomic E-state index is 12.7. The van der Waals surface area contributed by atoms with Crippen LogP contribution in [0.1, 0.15) is 69.2 Å². The van der Waals surface area contributed by atoms with Gasteiger partial charge in [-0.3, -0.25) is 9.69 Å². The number of piperazine rings is 1. The Bertz CT molecular complexity index is 1070. The Morgan fingerprint density at radius 3 is 2.40 bits per heavy atom. The van der Waals surface area contributed by atoms with Gasteiger partial charge in [-0.1, -0.05) is 30.7 Å². The third kappa shape index (κ3) is 4.47. The molecule has 1 aliphatic carbocycles. The SMILES string of the molecule is CC(C)N1CCC(c2ccc(-c3cc4n(c3)N=CCC4N3CCN(C(=O)C4CCC4)CC3)cc2)C1. The van der Waals surface area contributed by atoms with Crippen molar-refractivity contribution in [3.05, 3.63) is 47.8 Å². The molecule has 2 aromatic rings. The second kappa shape index (κ2) is 9.55. The van der Waals surface area contributed by atoms with E-state index in [2.05, 4.69) is 81.1 Å². The van der Waals surface area contributed by atoms with Gasteiger partial charge in [-0.2, -0.15) is 5.10 Å². The largest absolute Gasteiger partial charge is 0.340 e. The summed E-state index contributed by atoms with van der Waals surface area (Å²) in [6, 6.07) is 12.5. The van der Waals surface area contributed by atoms with Gasteiger partial charge >= 0.3 is 0 Å². The second-order valence-electron chi connectivity index (χ2n) is 11.2. The minimum Gasteiger partial charge on any atom is -0.340 e. The molecule has 0 spiro atoms. The average molecular weight is 474 g/mol. The molecule has 2 saturated heterocycles. The van der Waals surface area contributed by atoms with Gasteiger partial charge in [0.05, 0.1) is 11.7 Å². The van der Waals surface area contributed by atoms with Gasteiger partial charge in [0.25, 0.3) is 0 Å². The molecule has 4 heterocycles. The van der Waals surface area contributed by atoms with Crippen LogP contribution in [0.15, 0.2) is 41.6 Å². The third-order valence-electron chi connectivity index (χ3n) is 8.89. The number of likely N-dealkylation sites (tertiary alicyclic amines) is 1. The molecule has 2 atom stereocenters. The van der Waals surface area contributed by atoms with E-state index in [0.717, 1.165) is 45.4 Å². The maximum atomic E-state index is 12.7. The Hall–Kier alpha value is -2.44. The summed E-state index contributed by atoms with van der Waals surface area (Å²) in [5.74, 6) is 1.35. The number of benzene rings is 1. The summed E-state index contributed by atoms with van der Waals surface area (Å²) in [5.41, 5.74) is 5.24. The molecule has 1 aromatic carbocycles. The monoisotopic (exact) mass is 473 g/mol. The van der Waals surface area contributed by atoms with Gasteiger partial charge < -0.3 is 9.80 Å². The summed E-state index contributed by atoms with van der Waals surface area (Å²) in [6.45, 7) is 10.6. The van der Waals surface area contributed by atoms with E-state index in [1.165, 1.54) is 48.3 Å². The van der Waals surface area contributed by atoms with Gasteiger partial charge in [0.15, 0.2) is 0 Å². The highest BCUT2D eigenvalue weighted by molar-refractivity contribution is 5.79. The Labute approximate surface area is 209 Å². The first-order chi connectivity index (χ1) is 17.1. The fourth-order valence-corrected chi connectivity index (χ4v) is 6.31. The van der Waals surface area contributed by atoms with Crippen LogP contribution in [0.5, 0.6) is 0 Å². The van der Waals surface area contributed by atoms with Crippen LogP contribution in [0.3, 0.4) is 0 Å². The van der Waals surface area contributed by atoms with Crippen LogP contribution in [-0.2, 0) is 4.79 Å². The van der Waals surface area contributed by atoms with Crippen molar-refractivity contribution < 1.29 is 4.79 Å². The number of hydrogen-bond acceptors (Lipinski definition) is 4. The maximum Gasteiger partial charge on any atom is 0.225 e. The third-order valence-corrected chi connectivity index (χ3v) is 8.89. The minimum atomic E-state index is 0.303. The Balaban J connectivity index is 1.13. The zero-order chi connectivity index (χ0) is 23.9. The molecular formula is C29H39N5O. The number of nitrogens with zero attached hydrogens (tertiary/aromatic N) is 5. The number of rotatable bonds is 5. The van der Waals surface area contributed by atoms with E-state index in [-0.39, 0.29) is 0 Å². The van der Waals surface area contributed by atoms with E-state index in [1.807, 2.05) is 0 Å². The highest BCUT2D eigenvalue weighted by Gasteiger charge is 2.34. The van der Waals surface area contributed by atoms with Crippen LogP contribution in [0.4, 0.5) is 0 Å². The fraction of sp³-hybridized carbons (Fsp3) is 0.586. The van der Waals surface area contributed by atoms with Crippen LogP contribution in [0.2, 0.25) is 0 Å². The van der Waals surface area contributed by atoms with Crippen LogP contribution in [0.25, 0.3) is 11.1 Å². The molecule has 6 rings (SSSR count). The van der Waals surface area contributed by atoms with E-state index >= 15 is 0 Å². The number of fused-ring (bicyclic) bond motifs is 1. The molecule has 0 radical (unpaired) electrons. The van der Waals surface area contributed by atoms with Crippen molar-refractivity contribution in [3.8, 4) is 11.1 Å². The Kier molecular flexibility index (Phi) is 6.27. The molecule has 0 bridgehead atoms. The van der Waals surface area contributed by atoms with Crippen LogP contribution >= 0.6 is 0 Å². The molecule has 4 aliphatic rings. The molecule has 1 amide bonds. The van der Waals surface area contributed by atoms with Gasteiger partial charge in [-0.25, -0.2) is 4.68 Å². The number of aromatic nitrogens is 1. The lowest BCUT2D eigenvalue weighted by atomic mass is 9.84. The van der Waals surface area contributed by atoms with Crippen molar-refractivity contribution in [2.45, 2.75) is 64.0 Å². The first-order valence-corrected chi connectivity index (χ1v) is 13.7. The Morgan fingerprint density at radius 2 is 1.74 bits per heavy atom. The molecule has 6 heteroatoms. The first-order valence-electron chi connectivity index (χ1n) is 13.7. The van der Waals surface area contributed by atoms with Crippen molar-refractivity contribution in [2.75, 3.05) is 39.3 Å². The standard InChI is InChI=1S/C29H39N5O/c1-21(2)33-13-11-25(19-33)22-6-8-23(9-7-22)26-18-28-27(10-12-30-34(28)20-26)31-14-16-32(17-15-31)29(35)24-4-3-5-24/h6-9,12,18,20-21,24-25,27H,3-5,10-11,13-17,19H2,1-2H3. The smallest absolute Gasteiger partial charge is 0.225 e. The Morgan fingerprint density at radius 1 is 0.971 bits per heavy atom. The number of carbonyl (C=O) groups is 1. The normalized spacial score (nSPS) is 25.7. The van der Waals surface area contributed by atoms with Gasteiger partial charge in [0.2, 0.25) is 5.91 Å². The van der Waals surface area contributed by atoms with Crippen molar-refractivity contribution >= 4 is 12.1 Å². The van der Waals surface area contributed by atoms with E-state index in [0.29, 0.717) is 29.8 Å². The summed E-state index contributed by atoms with van der Waals surface area (Å²) >= 11 is 0. The van der Waals surface area contributed by atoms with Crippen LogP contribution < -0.4 is 0 Å². The number of hydrogen-bond donors (Lipinski definition) is 0. The van der Waals surface area contributed by atoms with Gasteiger partial charge in [-0.15, -0.1) is 0 Å². The summed E-state index contributed by atoms with van der Waals surface area (Å²) < 4.78 is 2.07. The molecule has 1 aromatic heterocycles. The highest BCUT2D eigenvalue weighted by Crippen LogP contribution is 2.35. The van der Waals surface area contributed by atoms with Crippen molar-refractivity contribution in [1.82, 2.24) is 19.4 Å². The average Bonchev–Trinajstić information content (AvgIpc) is 3.51. The molecule has 2 unspecified atom stereocenters. The quantitative estimate of drug-likeness (QED) is 0.639. The zero-order valence-corrected chi connectivity index (χ0v) is 21.3. The molecule has 1 saturated carbocycles. The summed E-state index contributed by atoms with van der Waals surface area (Å²) in [6.07, 6.45) is 9.83. The summed E-state index contributed by atoms with van der Waals surface area (Å²) in [5, 5.41) is 4.67. The van der Waals surface area contributed by atoms with Crippen molar-refractivity contribution in [1.29, 1.82) is 0 Å². The molecule has 35 heavy (non-hydrogen) atoms. The second-order valence-corrected chi connectivity index (χ2v) is 11.2. The molecule has 6 nitrogen and oxygen atoms in total. The zero-order valence-electron chi connectivity index (χ0n) is 21.3. The van der Waals surface area contributed by atoms with E-state index in [9.17, 15) is 4.79 Å². The predicted molar refractivity (Wildman–Crippen MR) is 141 cm³/mol. The number of amides is 1. The molecule has 186 valence electrons. The lowest BCUT2D eigenvalue weighted by Gasteiger charge is -2.41. The van der Waals surface area contributed by atoms with Crippen molar-refractivity contribution in [2.24, 2.45) is 11.0 Å². The summed E-state index contributed by atoms with van der Waals surface area (Å²) in [4.78, 5) is 19.9. The lowest BCUT2D eigenvalue weighted by molar-refractivity contribution is -0.140. The van der Waals surface area contributed by atoms with Gasteiger partial charge in [-0.05, 0) is 62.8 Å².